The van der Waals surface area contributed by atoms with E-state index in [0.29, 0.717) is 29.7 Å². The fraction of sp³-hybridized carbons (Fsp3) is 0.312. The van der Waals surface area contributed by atoms with Crippen LogP contribution in [0.15, 0.2) is 66.7 Å². The molecule has 0 aromatic heterocycles. The number of methoxy groups -OCH3 is 1. The van der Waals surface area contributed by atoms with E-state index in [9.17, 15) is 19.6 Å². The van der Waals surface area contributed by atoms with Crippen LogP contribution in [0.4, 0.5) is 5.69 Å². The Morgan fingerprint density at radius 2 is 1.85 bits per heavy atom. The van der Waals surface area contributed by atoms with E-state index in [4.69, 9.17) is 9.47 Å². The van der Waals surface area contributed by atoms with E-state index in [1.165, 1.54) is 7.11 Å². The third kappa shape index (κ3) is 7.48. The molecule has 0 unspecified atom stereocenters. The molecule has 2 atom stereocenters. The molecule has 8 heteroatoms. The summed E-state index contributed by atoms with van der Waals surface area (Å²) in [5.41, 5.74) is 5.53. The quantitative estimate of drug-likeness (QED) is 0.248. The van der Waals surface area contributed by atoms with Crippen LogP contribution in [0.5, 0.6) is 0 Å². The van der Waals surface area contributed by atoms with Gasteiger partial charge in [-0.25, -0.2) is 9.59 Å². The lowest BCUT2D eigenvalue weighted by Gasteiger charge is -2.22. The Kier molecular flexibility index (Phi) is 9.53. The first kappa shape index (κ1) is 28.4. The van der Waals surface area contributed by atoms with Crippen molar-refractivity contribution in [2.45, 2.75) is 57.7 Å². The Morgan fingerprint density at radius 3 is 2.62 bits per heavy atom. The van der Waals surface area contributed by atoms with E-state index >= 15 is 0 Å². The zero-order valence-electron chi connectivity index (χ0n) is 22.7. The highest BCUT2D eigenvalue weighted by Crippen LogP contribution is 2.24. The van der Waals surface area contributed by atoms with E-state index in [1.54, 1.807) is 12.1 Å². The molecule has 1 aliphatic rings. The summed E-state index contributed by atoms with van der Waals surface area (Å²) in [4.78, 5) is 37.2. The number of carbonyl (C=O) groups is 3. The van der Waals surface area contributed by atoms with E-state index in [1.807, 2.05) is 61.5 Å². The average Bonchev–Trinajstić information content (AvgIpc) is 3.33. The van der Waals surface area contributed by atoms with Crippen LogP contribution in [0, 0.1) is 18.3 Å². The lowest BCUT2D eigenvalue weighted by molar-refractivity contribution is -0.122. The fourth-order valence-corrected chi connectivity index (χ4v) is 4.78. The number of nitriles is 1. The highest BCUT2D eigenvalue weighted by molar-refractivity contribution is 5.95. The smallest absolute Gasteiger partial charge is 0.338 e. The molecule has 8 nitrogen and oxygen atoms in total. The predicted molar refractivity (Wildman–Crippen MR) is 151 cm³/mol. The molecule has 3 aromatic rings. The first-order valence-electron chi connectivity index (χ1n) is 13.4. The molecule has 0 saturated heterocycles. The molecule has 0 spiro atoms. The molecule has 0 radical (unpaired) electrons. The van der Waals surface area contributed by atoms with E-state index in [-0.39, 0.29) is 24.5 Å². The molecule has 2 N–H and O–H groups in total. The van der Waals surface area contributed by atoms with Crippen molar-refractivity contribution in [1.82, 2.24) is 5.32 Å². The van der Waals surface area contributed by atoms with Gasteiger partial charge in [-0.1, -0.05) is 48.0 Å². The summed E-state index contributed by atoms with van der Waals surface area (Å²) in [5.74, 6) is -1.04. The largest absolute Gasteiger partial charge is 0.465 e. The lowest BCUT2D eigenvalue weighted by Crippen LogP contribution is -2.45. The maximum absolute atomic E-state index is 13.4. The van der Waals surface area contributed by atoms with Crippen molar-refractivity contribution in [3.63, 3.8) is 0 Å². The number of nitrogens with one attached hydrogen (secondary N) is 2. The van der Waals surface area contributed by atoms with Crippen molar-refractivity contribution in [2.75, 3.05) is 12.4 Å². The zero-order valence-corrected chi connectivity index (χ0v) is 22.7. The van der Waals surface area contributed by atoms with Crippen molar-refractivity contribution in [2.24, 2.45) is 0 Å². The monoisotopic (exact) mass is 539 g/mol. The minimum atomic E-state index is -0.658. The number of ether oxygens (including phenoxy) is 2. The Balaban J connectivity index is 1.38. The summed E-state index contributed by atoms with van der Waals surface area (Å²) in [7, 11) is 1.36. The number of amides is 1. The molecule has 4 rings (SSSR count). The minimum Gasteiger partial charge on any atom is -0.465 e. The van der Waals surface area contributed by atoms with Crippen molar-refractivity contribution < 1.29 is 23.9 Å². The van der Waals surface area contributed by atoms with Crippen molar-refractivity contribution >= 4 is 23.5 Å². The fourth-order valence-electron chi connectivity index (χ4n) is 4.78. The number of unbranched alkanes of at least 4 members (excludes halogenated alkanes) is 1. The van der Waals surface area contributed by atoms with Crippen LogP contribution < -0.4 is 10.6 Å². The maximum atomic E-state index is 13.4. The summed E-state index contributed by atoms with van der Waals surface area (Å²) < 4.78 is 9.88. The SMILES string of the molecule is COC(=O)c1cccc(CCCC[C@@H](C#N)NC(=O)[C@H](Cc2cccc(C)c2)Nc2ccc3c(c2)C(=O)OC3)c1. The van der Waals surface area contributed by atoms with Crippen LogP contribution in [0.25, 0.3) is 0 Å². The molecule has 1 heterocycles. The van der Waals surface area contributed by atoms with Crippen LogP contribution in [-0.2, 0) is 33.7 Å². The van der Waals surface area contributed by atoms with Gasteiger partial charge < -0.3 is 20.1 Å². The van der Waals surface area contributed by atoms with Crippen LogP contribution in [0.2, 0.25) is 0 Å². The zero-order chi connectivity index (χ0) is 28.5. The molecule has 206 valence electrons. The molecule has 40 heavy (non-hydrogen) atoms. The van der Waals surface area contributed by atoms with Gasteiger partial charge in [0.2, 0.25) is 5.91 Å². The highest BCUT2D eigenvalue weighted by Gasteiger charge is 2.25. The topological polar surface area (TPSA) is 118 Å². The minimum absolute atomic E-state index is 0.252. The van der Waals surface area contributed by atoms with Crippen LogP contribution in [0.1, 0.15) is 62.2 Å². The summed E-state index contributed by atoms with van der Waals surface area (Å²) in [5, 5.41) is 15.9. The van der Waals surface area contributed by atoms with E-state index in [0.717, 1.165) is 41.5 Å². The molecule has 0 aliphatic carbocycles. The van der Waals surface area contributed by atoms with Gasteiger partial charge in [-0.15, -0.1) is 0 Å². The Bertz CT molecular complexity index is 1430. The summed E-state index contributed by atoms with van der Waals surface area (Å²) in [6.45, 7) is 2.25. The molecule has 0 saturated carbocycles. The first-order chi connectivity index (χ1) is 19.4. The molecule has 0 fully saturated rings. The second-order valence-corrected chi connectivity index (χ2v) is 9.97. The van der Waals surface area contributed by atoms with Gasteiger partial charge in [0.1, 0.15) is 18.7 Å². The highest BCUT2D eigenvalue weighted by atomic mass is 16.5. The van der Waals surface area contributed by atoms with Gasteiger partial charge in [0.15, 0.2) is 0 Å². The number of nitrogens with zero attached hydrogens (tertiary/aromatic N) is 1. The number of esters is 2. The van der Waals surface area contributed by atoms with Gasteiger partial charge >= 0.3 is 11.9 Å². The second-order valence-electron chi connectivity index (χ2n) is 9.97. The van der Waals surface area contributed by atoms with Gasteiger partial charge in [-0.2, -0.15) is 5.26 Å². The number of hydrogen-bond donors (Lipinski definition) is 2. The van der Waals surface area contributed by atoms with Crippen LogP contribution >= 0.6 is 0 Å². The Labute approximate surface area is 234 Å². The van der Waals surface area contributed by atoms with Crippen molar-refractivity contribution in [3.05, 3.63) is 100 Å². The number of hydrogen-bond acceptors (Lipinski definition) is 7. The van der Waals surface area contributed by atoms with Crippen LogP contribution in [-0.4, -0.2) is 37.0 Å². The van der Waals surface area contributed by atoms with Gasteiger partial charge in [-0.3, -0.25) is 4.79 Å². The van der Waals surface area contributed by atoms with Gasteiger partial charge in [-0.05, 0) is 68.0 Å². The molecular formula is C32H33N3O5. The lowest BCUT2D eigenvalue weighted by atomic mass is 10.0. The van der Waals surface area contributed by atoms with E-state index in [2.05, 4.69) is 16.7 Å². The Hall–Kier alpha value is -4.64. The number of carbonyl (C=O) groups excluding carboxylic acids is 3. The summed E-state index contributed by atoms with van der Waals surface area (Å²) in [6.07, 6.45) is 3.18. The van der Waals surface area contributed by atoms with Crippen LogP contribution in [0.3, 0.4) is 0 Å². The van der Waals surface area contributed by atoms with Gasteiger partial charge in [0, 0.05) is 17.7 Å². The third-order valence-corrected chi connectivity index (χ3v) is 6.90. The molecule has 3 aromatic carbocycles. The number of aryl methyl sites for hydroxylation is 2. The number of rotatable bonds is 12. The van der Waals surface area contributed by atoms with Gasteiger partial charge in [0.05, 0.1) is 24.3 Å². The number of cyclic esters (lactones) is 1. The normalized spacial score (nSPS) is 13.4. The molecule has 1 amide bonds. The number of benzene rings is 3. The van der Waals surface area contributed by atoms with Crippen molar-refractivity contribution in [1.29, 1.82) is 5.26 Å². The summed E-state index contributed by atoms with van der Waals surface area (Å²) in [6, 6.07) is 21.5. The summed E-state index contributed by atoms with van der Waals surface area (Å²) >= 11 is 0. The standard InChI is InChI=1S/C32H33N3O5/c1-21-7-5-10-23(15-21)17-29(34-26-14-13-25-20-40-32(38)28(25)18-26)30(36)35-27(19-33)12-4-3-8-22-9-6-11-24(16-22)31(37)39-2/h5-7,9-11,13-16,18,27,29,34H,3-4,8,12,17,20H2,1-2H3,(H,35,36)/t27-,29-/m0/s1. The third-order valence-electron chi connectivity index (χ3n) is 6.90. The molecule has 0 bridgehead atoms. The average molecular weight is 540 g/mol. The van der Waals surface area contributed by atoms with Gasteiger partial charge in [0.25, 0.3) is 0 Å². The predicted octanol–water partition coefficient (Wildman–Crippen LogP) is 4.90. The number of fused-ring (bicyclic) bond motifs is 1. The first-order valence-corrected chi connectivity index (χ1v) is 13.4. The molecule has 1 aliphatic heterocycles. The van der Waals surface area contributed by atoms with Crippen molar-refractivity contribution in [3.8, 4) is 6.07 Å². The Morgan fingerprint density at radius 1 is 1.05 bits per heavy atom. The maximum Gasteiger partial charge on any atom is 0.338 e. The molecular weight excluding hydrogens is 506 g/mol. The van der Waals surface area contributed by atoms with E-state index < -0.39 is 12.1 Å². The number of anilines is 1. The second kappa shape index (κ2) is 13.4.